The van der Waals surface area contributed by atoms with Gasteiger partial charge in [0, 0.05) is 12.2 Å². The highest BCUT2D eigenvalue weighted by Gasteiger charge is 2.09. The molecular weight excluding hydrogens is 280 g/mol. The van der Waals surface area contributed by atoms with Crippen LogP contribution in [0.1, 0.15) is 19.3 Å². The van der Waals surface area contributed by atoms with Gasteiger partial charge >= 0.3 is 0 Å². The molecule has 0 aliphatic heterocycles. The minimum atomic E-state index is -3.33. The summed E-state index contributed by atoms with van der Waals surface area (Å²) in [6.45, 7) is 0.923. The van der Waals surface area contributed by atoms with Crippen molar-refractivity contribution in [2.24, 2.45) is 0 Å². The van der Waals surface area contributed by atoms with Crippen LogP contribution in [0.15, 0.2) is 29.2 Å². The normalized spacial score (nSPS) is 11.5. The van der Waals surface area contributed by atoms with E-state index in [2.05, 4.69) is 16.3 Å². The predicted molar refractivity (Wildman–Crippen MR) is 83.4 cm³/mol. The van der Waals surface area contributed by atoms with Crippen molar-refractivity contribution in [1.29, 1.82) is 0 Å². The van der Waals surface area contributed by atoms with Gasteiger partial charge in [0.2, 0.25) is 10.0 Å². The zero-order valence-electron chi connectivity index (χ0n) is 11.5. The quantitative estimate of drug-likeness (QED) is 0.688. The lowest BCUT2D eigenvalue weighted by Gasteiger charge is -2.07. The summed E-state index contributed by atoms with van der Waals surface area (Å²) in [5.74, 6) is 1.22. The van der Waals surface area contributed by atoms with E-state index in [1.54, 1.807) is 24.3 Å². The second-order valence-corrected chi connectivity index (χ2v) is 7.08. The molecule has 1 aromatic rings. The van der Waals surface area contributed by atoms with Gasteiger partial charge in [-0.15, -0.1) is 0 Å². The number of sulfonamides is 1. The van der Waals surface area contributed by atoms with E-state index in [9.17, 15) is 8.42 Å². The fraction of sp³-hybridized carbons (Fsp3) is 0.538. The lowest BCUT2D eigenvalue weighted by molar-refractivity contribution is 0.588. The summed E-state index contributed by atoms with van der Waals surface area (Å²) in [7, 11) is -1.92. The molecule has 0 amide bonds. The molecule has 0 spiro atoms. The van der Waals surface area contributed by atoms with E-state index >= 15 is 0 Å². The van der Waals surface area contributed by atoms with Crippen molar-refractivity contribution >= 4 is 27.5 Å². The standard InChI is InChI=1S/C13H22N2O2S2/c1-14-19(16,17)13-8-6-12(7-9-13)15-10-4-3-5-11-18-2/h6-9,14-15H,3-5,10-11H2,1-2H3. The van der Waals surface area contributed by atoms with E-state index in [0.717, 1.165) is 18.7 Å². The van der Waals surface area contributed by atoms with Gasteiger partial charge in [0.1, 0.15) is 0 Å². The molecule has 4 nitrogen and oxygen atoms in total. The molecule has 0 bridgehead atoms. The third-order valence-electron chi connectivity index (χ3n) is 2.79. The van der Waals surface area contributed by atoms with Crippen molar-refractivity contribution in [3.8, 4) is 0 Å². The summed E-state index contributed by atoms with van der Waals surface area (Å²) < 4.78 is 25.4. The van der Waals surface area contributed by atoms with Crippen molar-refractivity contribution < 1.29 is 8.42 Å². The van der Waals surface area contributed by atoms with Crippen LogP contribution >= 0.6 is 11.8 Å². The Kier molecular flexibility index (Phi) is 7.27. The highest BCUT2D eigenvalue weighted by atomic mass is 32.2. The molecule has 1 rings (SSSR count). The molecule has 0 aromatic heterocycles. The lowest BCUT2D eigenvalue weighted by atomic mass is 10.2. The Balaban J connectivity index is 2.37. The van der Waals surface area contributed by atoms with E-state index in [-0.39, 0.29) is 0 Å². The van der Waals surface area contributed by atoms with Gasteiger partial charge in [-0.1, -0.05) is 6.42 Å². The zero-order valence-corrected chi connectivity index (χ0v) is 13.1. The Morgan fingerprint density at radius 3 is 2.37 bits per heavy atom. The summed E-state index contributed by atoms with van der Waals surface area (Å²) in [6, 6.07) is 6.82. The molecule has 0 aliphatic carbocycles. The van der Waals surface area contributed by atoms with E-state index in [0.29, 0.717) is 4.90 Å². The first-order chi connectivity index (χ1) is 9.10. The van der Waals surface area contributed by atoms with Crippen LogP contribution in [0, 0.1) is 0 Å². The average Bonchev–Trinajstić information content (AvgIpc) is 2.43. The fourth-order valence-electron chi connectivity index (χ4n) is 1.65. The SMILES string of the molecule is CNS(=O)(=O)c1ccc(NCCCCCSC)cc1. The minimum Gasteiger partial charge on any atom is -0.385 e. The summed E-state index contributed by atoms with van der Waals surface area (Å²) in [6.07, 6.45) is 5.73. The molecule has 1 aromatic carbocycles. The number of hydrogen-bond acceptors (Lipinski definition) is 4. The molecule has 0 atom stereocenters. The van der Waals surface area contributed by atoms with Crippen molar-refractivity contribution in [2.45, 2.75) is 24.2 Å². The largest absolute Gasteiger partial charge is 0.385 e. The maximum atomic E-state index is 11.5. The summed E-state index contributed by atoms with van der Waals surface area (Å²) in [4.78, 5) is 0.292. The van der Waals surface area contributed by atoms with Crippen molar-refractivity contribution in [1.82, 2.24) is 4.72 Å². The molecule has 6 heteroatoms. The highest BCUT2D eigenvalue weighted by Crippen LogP contribution is 2.13. The fourth-order valence-corrected chi connectivity index (χ4v) is 2.87. The van der Waals surface area contributed by atoms with E-state index < -0.39 is 10.0 Å². The van der Waals surface area contributed by atoms with Gasteiger partial charge in [0.15, 0.2) is 0 Å². The van der Waals surface area contributed by atoms with Crippen molar-refractivity contribution in [3.63, 3.8) is 0 Å². The molecule has 0 aliphatic rings. The van der Waals surface area contributed by atoms with Gasteiger partial charge in [0.25, 0.3) is 0 Å². The molecule has 2 N–H and O–H groups in total. The van der Waals surface area contributed by atoms with Gasteiger partial charge in [-0.2, -0.15) is 11.8 Å². The maximum absolute atomic E-state index is 11.5. The number of nitrogens with one attached hydrogen (secondary N) is 2. The Morgan fingerprint density at radius 2 is 1.79 bits per heavy atom. The maximum Gasteiger partial charge on any atom is 0.240 e. The molecule has 0 unspecified atom stereocenters. The molecule has 0 saturated heterocycles. The third-order valence-corrected chi connectivity index (χ3v) is 4.91. The van der Waals surface area contributed by atoms with Crippen LogP contribution in [0.25, 0.3) is 0 Å². The first kappa shape index (κ1) is 16.3. The molecule has 108 valence electrons. The Labute approximate surface area is 120 Å². The average molecular weight is 302 g/mol. The highest BCUT2D eigenvalue weighted by molar-refractivity contribution is 7.98. The van der Waals surface area contributed by atoms with Crippen LogP contribution in [0.3, 0.4) is 0 Å². The predicted octanol–water partition coefficient (Wildman–Crippen LogP) is 2.54. The molecule has 0 fully saturated rings. The molecule has 0 heterocycles. The van der Waals surface area contributed by atoms with Gasteiger partial charge < -0.3 is 5.32 Å². The van der Waals surface area contributed by atoms with E-state index in [1.807, 2.05) is 11.8 Å². The molecular formula is C13H22N2O2S2. The van der Waals surface area contributed by atoms with Crippen LogP contribution in [0.2, 0.25) is 0 Å². The van der Waals surface area contributed by atoms with Crippen molar-refractivity contribution in [3.05, 3.63) is 24.3 Å². The number of thioether (sulfide) groups is 1. The van der Waals surface area contributed by atoms with Gasteiger partial charge in [0.05, 0.1) is 4.90 Å². The van der Waals surface area contributed by atoms with Gasteiger partial charge in [-0.05, 0) is 56.2 Å². The number of unbranched alkanes of at least 4 members (excludes halogenated alkanes) is 2. The molecule has 0 saturated carbocycles. The van der Waals surface area contributed by atoms with Crippen LogP contribution < -0.4 is 10.0 Å². The first-order valence-electron chi connectivity index (χ1n) is 6.36. The second kappa shape index (κ2) is 8.45. The topological polar surface area (TPSA) is 58.2 Å². The van der Waals surface area contributed by atoms with Crippen LogP contribution in [-0.2, 0) is 10.0 Å². The lowest BCUT2D eigenvalue weighted by Crippen LogP contribution is -2.18. The van der Waals surface area contributed by atoms with Crippen LogP contribution in [0.4, 0.5) is 5.69 Å². The summed E-state index contributed by atoms with van der Waals surface area (Å²) >= 11 is 1.88. The number of hydrogen-bond donors (Lipinski definition) is 2. The Bertz CT molecular complexity index is 458. The zero-order chi connectivity index (χ0) is 14.1. The monoisotopic (exact) mass is 302 g/mol. The minimum absolute atomic E-state index is 0.292. The van der Waals surface area contributed by atoms with Crippen LogP contribution in [-0.4, -0.2) is 34.0 Å². The first-order valence-corrected chi connectivity index (χ1v) is 9.24. The number of anilines is 1. The number of benzene rings is 1. The second-order valence-electron chi connectivity index (χ2n) is 4.21. The third kappa shape index (κ3) is 5.84. The summed E-state index contributed by atoms with van der Waals surface area (Å²) in [5.41, 5.74) is 0.958. The van der Waals surface area contributed by atoms with E-state index in [1.165, 1.54) is 25.6 Å². The molecule has 0 radical (unpaired) electrons. The van der Waals surface area contributed by atoms with Crippen LogP contribution in [0.5, 0.6) is 0 Å². The van der Waals surface area contributed by atoms with E-state index in [4.69, 9.17) is 0 Å². The molecule has 19 heavy (non-hydrogen) atoms. The number of rotatable bonds is 9. The smallest absolute Gasteiger partial charge is 0.240 e. The summed E-state index contributed by atoms with van der Waals surface area (Å²) in [5, 5.41) is 3.30. The van der Waals surface area contributed by atoms with Gasteiger partial charge in [-0.3, -0.25) is 0 Å². The Morgan fingerprint density at radius 1 is 1.11 bits per heavy atom. The van der Waals surface area contributed by atoms with Gasteiger partial charge in [-0.25, -0.2) is 13.1 Å². The van der Waals surface area contributed by atoms with Crippen molar-refractivity contribution in [2.75, 3.05) is 30.9 Å². The Hall–Kier alpha value is -0.720.